The molecule has 0 aliphatic rings. The maximum absolute atomic E-state index is 12.9. The van der Waals surface area contributed by atoms with Crippen LogP contribution in [0.3, 0.4) is 0 Å². The second kappa shape index (κ2) is 10.1. The van der Waals surface area contributed by atoms with Gasteiger partial charge in [-0.15, -0.1) is 11.3 Å². The number of nitrogens with zero attached hydrogens (tertiary/aromatic N) is 4. The normalized spacial score (nSPS) is 11.3. The van der Waals surface area contributed by atoms with Crippen molar-refractivity contribution in [1.82, 2.24) is 19.7 Å². The molecule has 3 heterocycles. The van der Waals surface area contributed by atoms with E-state index in [1.165, 1.54) is 23.1 Å². The molecule has 0 bridgehead atoms. The quantitative estimate of drug-likeness (QED) is 0.180. The Hall–Kier alpha value is -2.65. The summed E-state index contributed by atoms with van der Waals surface area (Å²) >= 11 is 2.89. The van der Waals surface area contributed by atoms with Crippen molar-refractivity contribution < 1.29 is 9.26 Å². The lowest BCUT2D eigenvalue weighted by Gasteiger charge is -2.10. The van der Waals surface area contributed by atoms with Crippen LogP contribution in [0.4, 0.5) is 0 Å². The van der Waals surface area contributed by atoms with Gasteiger partial charge in [-0.3, -0.25) is 9.36 Å². The van der Waals surface area contributed by atoms with Crippen LogP contribution in [0.5, 0.6) is 5.75 Å². The Kier molecular flexibility index (Phi) is 7.03. The molecule has 9 heteroatoms. The van der Waals surface area contributed by atoms with Crippen LogP contribution < -0.4 is 10.3 Å². The molecule has 0 fully saturated rings. The Morgan fingerprint density at radius 3 is 2.74 bits per heavy atom. The minimum absolute atomic E-state index is 0.0270. The molecule has 31 heavy (non-hydrogen) atoms. The van der Waals surface area contributed by atoms with E-state index in [0.29, 0.717) is 40.5 Å². The van der Waals surface area contributed by atoms with Crippen molar-refractivity contribution in [3.05, 3.63) is 52.0 Å². The molecular formula is C22H24N4O3S2. The van der Waals surface area contributed by atoms with E-state index >= 15 is 0 Å². The van der Waals surface area contributed by atoms with Crippen molar-refractivity contribution in [3.8, 4) is 17.1 Å². The van der Waals surface area contributed by atoms with Gasteiger partial charge in [0.15, 0.2) is 5.16 Å². The summed E-state index contributed by atoms with van der Waals surface area (Å²) < 4.78 is 13.4. The second-order valence-electron chi connectivity index (χ2n) is 6.95. The van der Waals surface area contributed by atoms with Gasteiger partial charge in [-0.05, 0) is 49.1 Å². The summed E-state index contributed by atoms with van der Waals surface area (Å²) in [5.41, 5.74) is 1.63. The van der Waals surface area contributed by atoms with Crippen molar-refractivity contribution in [2.24, 2.45) is 0 Å². The molecular weight excluding hydrogens is 432 g/mol. The van der Waals surface area contributed by atoms with E-state index in [9.17, 15) is 4.79 Å². The molecule has 162 valence electrons. The van der Waals surface area contributed by atoms with E-state index in [-0.39, 0.29) is 5.56 Å². The summed E-state index contributed by atoms with van der Waals surface area (Å²) in [5, 5.41) is 6.68. The smallest absolute Gasteiger partial charge is 0.272 e. The van der Waals surface area contributed by atoms with E-state index in [1.54, 1.807) is 4.57 Å². The SMILES string of the molecule is CCCCCn1c(SCc2nc(-c3ccc(OCC)cc3)no2)nc2ccsc2c1=O. The average Bonchev–Trinajstić information content (AvgIpc) is 3.45. The lowest BCUT2D eigenvalue weighted by Crippen LogP contribution is -2.22. The van der Waals surface area contributed by atoms with Crippen LogP contribution in [0.2, 0.25) is 0 Å². The minimum Gasteiger partial charge on any atom is -0.494 e. The molecule has 0 aliphatic heterocycles. The number of thiophene rings is 1. The molecule has 4 aromatic rings. The van der Waals surface area contributed by atoms with E-state index in [0.717, 1.165) is 36.1 Å². The first-order valence-electron chi connectivity index (χ1n) is 10.4. The number of hydrogen-bond donors (Lipinski definition) is 0. The summed E-state index contributed by atoms with van der Waals surface area (Å²) in [6.45, 7) is 5.39. The van der Waals surface area contributed by atoms with Gasteiger partial charge in [0.25, 0.3) is 5.56 Å². The minimum atomic E-state index is 0.0270. The maximum Gasteiger partial charge on any atom is 0.272 e. The first-order chi connectivity index (χ1) is 15.2. The zero-order chi connectivity index (χ0) is 21.6. The van der Waals surface area contributed by atoms with Crippen LogP contribution >= 0.6 is 23.1 Å². The topological polar surface area (TPSA) is 83.0 Å². The van der Waals surface area contributed by atoms with Gasteiger partial charge in [-0.1, -0.05) is 36.7 Å². The van der Waals surface area contributed by atoms with Gasteiger partial charge in [-0.25, -0.2) is 4.98 Å². The van der Waals surface area contributed by atoms with Crippen LogP contribution in [-0.2, 0) is 12.3 Å². The first-order valence-corrected chi connectivity index (χ1v) is 12.2. The highest BCUT2D eigenvalue weighted by Gasteiger charge is 2.15. The van der Waals surface area contributed by atoms with E-state index in [2.05, 4.69) is 17.1 Å². The first kappa shape index (κ1) is 21.6. The highest BCUT2D eigenvalue weighted by molar-refractivity contribution is 7.98. The summed E-state index contributed by atoms with van der Waals surface area (Å²) in [6, 6.07) is 9.48. The Bertz CT molecular complexity index is 1200. The molecule has 0 aliphatic carbocycles. The third-order valence-corrected chi connectivity index (χ3v) is 6.59. The third-order valence-electron chi connectivity index (χ3n) is 4.73. The zero-order valence-corrected chi connectivity index (χ0v) is 19.2. The molecule has 3 aromatic heterocycles. The van der Waals surface area contributed by atoms with Gasteiger partial charge in [0, 0.05) is 12.1 Å². The molecule has 0 saturated heterocycles. The molecule has 0 amide bonds. The molecule has 0 atom stereocenters. The van der Waals surface area contributed by atoms with E-state index < -0.39 is 0 Å². The monoisotopic (exact) mass is 456 g/mol. The van der Waals surface area contributed by atoms with Gasteiger partial charge in [-0.2, -0.15) is 4.98 Å². The number of benzene rings is 1. The highest BCUT2D eigenvalue weighted by atomic mass is 32.2. The van der Waals surface area contributed by atoms with Gasteiger partial charge in [0.1, 0.15) is 10.4 Å². The number of rotatable bonds is 10. The molecule has 1 aromatic carbocycles. The number of hydrogen-bond acceptors (Lipinski definition) is 8. The highest BCUT2D eigenvalue weighted by Crippen LogP contribution is 2.25. The largest absolute Gasteiger partial charge is 0.494 e. The Balaban J connectivity index is 1.51. The Morgan fingerprint density at radius 2 is 1.97 bits per heavy atom. The van der Waals surface area contributed by atoms with Gasteiger partial charge in [0.2, 0.25) is 11.7 Å². The fraction of sp³-hybridized carbons (Fsp3) is 0.364. The van der Waals surface area contributed by atoms with Crippen molar-refractivity contribution in [1.29, 1.82) is 0 Å². The van der Waals surface area contributed by atoms with Crippen LogP contribution in [-0.4, -0.2) is 26.3 Å². The van der Waals surface area contributed by atoms with E-state index in [1.807, 2.05) is 42.6 Å². The number of fused-ring (bicyclic) bond motifs is 1. The van der Waals surface area contributed by atoms with Crippen LogP contribution in [0.1, 0.15) is 39.0 Å². The maximum atomic E-state index is 12.9. The van der Waals surface area contributed by atoms with Crippen molar-refractivity contribution >= 4 is 33.3 Å². The molecule has 0 radical (unpaired) electrons. The molecule has 0 saturated carbocycles. The fourth-order valence-corrected chi connectivity index (χ4v) is 4.82. The van der Waals surface area contributed by atoms with Crippen LogP contribution in [0, 0.1) is 0 Å². The number of unbranched alkanes of at least 4 members (excludes halogenated alkanes) is 2. The summed E-state index contributed by atoms with van der Waals surface area (Å²) in [4.78, 5) is 22.2. The summed E-state index contributed by atoms with van der Waals surface area (Å²) in [7, 11) is 0. The lowest BCUT2D eigenvalue weighted by atomic mass is 10.2. The van der Waals surface area contributed by atoms with Crippen molar-refractivity contribution in [2.75, 3.05) is 6.61 Å². The number of aromatic nitrogens is 4. The van der Waals surface area contributed by atoms with Gasteiger partial charge in [0.05, 0.1) is 17.9 Å². The number of thioether (sulfide) groups is 1. The summed E-state index contributed by atoms with van der Waals surface area (Å²) in [6.07, 6.45) is 3.13. The van der Waals surface area contributed by atoms with E-state index in [4.69, 9.17) is 14.2 Å². The predicted molar refractivity (Wildman–Crippen MR) is 124 cm³/mol. The Morgan fingerprint density at radius 1 is 1.13 bits per heavy atom. The number of ether oxygens (including phenoxy) is 1. The van der Waals surface area contributed by atoms with Gasteiger partial charge >= 0.3 is 0 Å². The molecule has 0 N–H and O–H groups in total. The van der Waals surface area contributed by atoms with Gasteiger partial charge < -0.3 is 9.26 Å². The predicted octanol–water partition coefficient (Wildman–Crippen LogP) is 5.39. The summed E-state index contributed by atoms with van der Waals surface area (Å²) in [5.74, 6) is 2.27. The lowest BCUT2D eigenvalue weighted by molar-refractivity contribution is 0.340. The molecule has 7 nitrogen and oxygen atoms in total. The fourth-order valence-electron chi connectivity index (χ4n) is 3.17. The zero-order valence-electron chi connectivity index (χ0n) is 17.5. The molecule has 4 rings (SSSR count). The second-order valence-corrected chi connectivity index (χ2v) is 8.81. The standard InChI is InChI=1S/C22H24N4O3S2/c1-3-5-6-12-26-21(27)19-17(11-13-30-19)23-22(26)31-14-18-24-20(25-29-18)15-7-9-16(10-8-15)28-4-2/h7-11,13H,3-6,12,14H2,1-2H3. The average molecular weight is 457 g/mol. The van der Waals surface area contributed by atoms with Crippen molar-refractivity contribution in [2.45, 2.75) is 50.6 Å². The van der Waals surface area contributed by atoms with Crippen molar-refractivity contribution in [3.63, 3.8) is 0 Å². The molecule has 0 spiro atoms. The third kappa shape index (κ3) is 4.99. The molecule has 0 unspecified atom stereocenters. The van der Waals surface area contributed by atoms with Crippen LogP contribution in [0.15, 0.2) is 50.2 Å². The van der Waals surface area contributed by atoms with Crippen LogP contribution in [0.25, 0.3) is 21.6 Å². The Labute approximate surface area is 188 Å².